The zero-order valence-electron chi connectivity index (χ0n) is 10.1. The molecule has 2 N–H and O–H groups in total. The molecule has 0 fully saturated rings. The number of hydrogen-bond acceptors (Lipinski definition) is 2. The first-order chi connectivity index (χ1) is 8.13. The molecule has 0 aliphatic carbocycles. The number of benzene rings is 1. The SMILES string of the molecule is CC(C)(C=CB(O)O)c1ccc(C(F)(F)F)cc1. The Kier molecular flexibility index (Phi) is 4.24. The first kappa shape index (κ1) is 14.8. The molecule has 6 heteroatoms. The van der Waals surface area contributed by atoms with Crippen molar-refractivity contribution in [1.82, 2.24) is 0 Å². The average molecular weight is 258 g/mol. The molecule has 2 nitrogen and oxygen atoms in total. The summed E-state index contributed by atoms with van der Waals surface area (Å²) >= 11 is 0. The molecule has 0 bridgehead atoms. The first-order valence-corrected chi connectivity index (χ1v) is 5.36. The Labute approximate surface area is 104 Å². The summed E-state index contributed by atoms with van der Waals surface area (Å²) in [6, 6.07) is 4.80. The van der Waals surface area contributed by atoms with Gasteiger partial charge in [-0.3, -0.25) is 0 Å². The van der Waals surface area contributed by atoms with Crippen LogP contribution in [0, 0.1) is 0 Å². The number of rotatable bonds is 3. The summed E-state index contributed by atoms with van der Waals surface area (Å²) < 4.78 is 37.2. The fraction of sp³-hybridized carbons (Fsp3) is 0.333. The molecule has 0 aliphatic rings. The third-order valence-electron chi connectivity index (χ3n) is 2.64. The van der Waals surface area contributed by atoms with E-state index in [2.05, 4.69) is 0 Å². The molecule has 0 spiro atoms. The number of allylic oxidation sites excluding steroid dienone is 1. The lowest BCUT2D eigenvalue weighted by Gasteiger charge is -2.21. The summed E-state index contributed by atoms with van der Waals surface area (Å²) in [6.45, 7) is 3.54. The van der Waals surface area contributed by atoms with Crippen LogP contribution in [0.3, 0.4) is 0 Å². The van der Waals surface area contributed by atoms with Gasteiger partial charge in [-0.05, 0) is 17.7 Å². The van der Waals surface area contributed by atoms with Gasteiger partial charge in [0.1, 0.15) is 0 Å². The Bertz CT molecular complexity index is 422. The molecule has 18 heavy (non-hydrogen) atoms. The second-order valence-electron chi connectivity index (χ2n) is 4.57. The molecule has 98 valence electrons. The fourth-order valence-corrected chi connectivity index (χ4v) is 1.51. The highest BCUT2D eigenvalue weighted by molar-refractivity contribution is 6.47. The molecule has 0 saturated carbocycles. The van der Waals surface area contributed by atoms with Crippen molar-refractivity contribution in [3.8, 4) is 0 Å². The van der Waals surface area contributed by atoms with Gasteiger partial charge in [-0.15, -0.1) is 0 Å². The van der Waals surface area contributed by atoms with Crippen LogP contribution in [0.1, 0.15) is 25.0 Å². The third kappa shape index (κ3) is 3.89. The molecular formula is C12H14BF3O2. The molecule has 0 heterocycles. The molecule has 0 unspecified atom stereocenters. The van der Waals surface area contributed by atoms with E-state index >= 15 is 0 Å². The third-order valence-corrected chi connectivity index (χ3v) is 2.64. The summed E-state index contributed by atoms with van der Waals surface area (Å²) in [4.78, 5) is 0. The van der Waals surface area contributed by atoms with Gasteiger partial charge >= 0.3 is 13.3 Å². The van der Waals surface area contributed by atoms with Gasteiger partial charge in [0.05, 0.1) is 5.56 Å². The zero-order valence-corrected chi connectivity index (χ0v) is 10.1. The van der Waals surface area contributed by atoms with Crippen molar-refractivity contribution in [2.75, 3.05) is 0 Å². The molecule has 1 rings (SSSR count). The van der Waals surface area contributed by atoms with Gasteiger partial charge in [0.2, 0.25) is 0 Å². The minimum absolute atomic E-state index is 0.576. The molecule has 0 aromatic heterocycles. The van der Waals surface area contributed by atoms with E-state index in [1.54, 1.807) is 19.9 Å². The lowest BCUT2D eigenvalue weighted by atomic mass is 9.79. The van der Waals surface area contributed by atoms with Crippen LogP contribution >= 0.6 is 0 Å². The van der Waals surface area contributed by atoms with Crippen LogP contribution in [0.4, 0.5) is 13.2 Å². The lowest BCUT2D eigenvalue weighted by Crippen LogP contribution is -2.17. The van der Waals surface area contributed by atoms with Gasteiger partial charge in [0, 0.05) is 5.41 Å². The van der Waals surface area contributed by atoms with Gasteiger partial charge in [0.25, 0.3) is 0 Å². The standard InChI is InChI=1S/C12H14BF3O2/c1-11(2,7-8-13(17)18)9-3-5-10(6-4-9)12(14,15)16/h3-8,17-18H,1-2H3. The van der Waals surface area contributed by atoms with E-state index in [4.69, 9.17) is 10.0 Å². The predicted octanol–water partition coefficient (Wildman–Crippen LogP) is 2.55. The predicted molar refractivity (Wildman–Crippen MR) is 63.8 cm³/mol. The second kappa shape index (κ2) is 5.16. The zero-order chi connectivity index (χ0) is 14.0. The lowest BCUT2D eigenvalue weighted by molar-refractivity contribution is -0.137. The summed E-state index contributed by atoms with van der Waals surface area (Å²) in [5, 5.41) is 17.5. The maximum Gasteiger partial charge on any atom is 0.480 e. The van der Waals surface area contributed by atoms with Crippen molar-refractivity contribution < 1.29 is 23.2 Å². The van der Waals surface area contributed by atoms with Crippen molar-refractivity contribution >= 4 is 7.12 Å². The van der Waals surface area contributed by atoms with Crippen LogP contribution in [-0.4, -0.2) is 17.2 Å². The smallest absolute Gasteiger partial charge is 0.424 e. The second-order valence-corrected chi connectivity index (χ2v) is 4.57. The van der Waals surface area contributed by atoms with E-state index in [1.165, 1.54) is 18.1 Å². The highest BCUT2D eigenvalue weighted by Crippen LogP contribution is 2.31. The summed E-state index contributed by atoms with van der Waals surface area (Å²) in [5.74, 6) is 1.18. The van der Waals surface area contributed by atoms with E-state index in [1.807, 2.05) is 0 Å². The molecule has 0 amide bonds. The summed E-state index contributed by atoms with van der Waals surface area (Å²) in [6.07, 6.45) is -2.81. The van der Waals surface area contributed by atoms with Crippen LogP contribution < -0.4 is 0 Å². The van der Waals surface area contributed by atoms with Crippen molar-refractivity contribution in [1.29, 1.82) is 0 Å². The van der Waals surface area contributed by atoms with Crippen LogP contribution in [0.25, 0.3) is 0 Å². The van der Waals surface area contributed by atoms with Crippen LogP contribution in [0.5, 0.6) is 0 Å². The molecule has 0 aliphatic heterocycles. The van der Waals surface area contributed by atoms with E-state index in [0.717, 1.165) is 12.1 Å². The van der Waals surface area contributed by atoms with Crippen LogP contribution in [-0.2, 0) is 11.6 Å². The van der Waals surface area contributed by atoms with E-state index in [9.17, 15) is 13.2 Å². The Morgan fingerprint density at radius 3 is 1.83 bits per heavy atom. The average Bonchev–Trinajstić information content (AvgIpc) is 2.26. The normalized spacial score (nSPS) is 13.1. The molecular weight excluding hydrogens is 244 g/mol. The molecule has 1 aromatic carbocycles. The Hall–Kier alpha value is -1.27. The van der Waals surface area contributed by atoms with Crippen LogP contribution in [0.15, 0.2) is 36.3 Å². The topological polar surface area (TPSA) is 40.5 Å². The minimum Gasteiger partial charge on any atom is -0.424 e. The highest BCUT2D eigenvalue weighted by Gasteiger charge is 2.30. The quantitative estimate of drug-likeness (QED) is 0.818. The van der Waals surface area contributed by atoms with E-state index < -0.39 is 24.3 Å². The maximum absolute atomic E-state index is 12.4. The van der Waals surface area contributed by atoms with Crippen molar-refractivity contribution in [3.05, 3.63) is 47.4 Å². The molecule has 0 radical (unpaired) electrons. The first-order valence-electron chi connectivity index (χ1n) is 5.36. The summed E-state index contributed by atoms with van der Waals surface area (Å²) in [5.41, 5.74) is -0.617. The number of hydrogen-bond donors (Lipinski definition) is 2. The van der Waals surface area contributed by atoms with Crippen molar-refractivity contribution in [2.24, 2.45) is 0 Å². The van der Waals surface area contributed by atoms with Crippen LogP contribution in [0.2, 0.25) is 0 Å². The Balaban J connectivity index is 2.98. The molecule has 1 aromatic rings. The Morgan fingerprint density at radius 2 is 1.44 bits per heavy atom. The van der Waals surface area contributed by atoms with Crippen molar-refractivity contribution in [3.63, 3.8) is 0 Å². The molecule has 0 atom stereocenters. The monoisotopic (exact) mass is 258 g/mol. The Morgan fingerprint density at radius 1 is 1.00 bits per heavy atom. The van der Waals surface area contributed by atoms with Gasteiger partial charge < -0.3 is 10.0 Å². The highest BCUT2D eigenvalue weighted by atomic mass is 19.4. The largest absolute Gasteiger partial charge is 0.480 e. The number of halogens is 3. The van der Waals surface area contributed by atoms with E-state index in [0.29, 0.717) is 5.56 Å². The molecule has 0 saturated heterocycles. The minimum atomic E-state index is -4.35. The maximum atomic E-state index is 12.4. The van der Waals surface area contributed by atoms with E-state index in [-0.39, 0.29) is 0 Å². The fourth-order valence-electron chi connectivity index (χ4n) is 1.51. The van der Waals surface area contributed by atoms with Gasteiger partial charge in [-0.2, -0.15) is 13.2 Å². The number of alkyl halides is 3. The van der Waals surface area contributed by atoms with Gasteiger partial charge in [0.15, 0.2) is 0 Å². The van der Waals surface area contributed by atoms with Crippen molar-refractivity contribution in [2.45, 2.75) is 25.4 Å². The van der Waals surface area contributed by atoms with Gasteiger partial charge in [-0.1, -0.05) is 38.0 Å². The summed E-state index contributed by atoms with van der Waals surface area (Å²) in [7, 11) is -1.57. The van der Waals surface area contributed by atoms with Gasteiger partial charge in [-0.25, -0.2) is 0 Å².